The number of nitrogens with one attached hydrogen (secondary N) is 1. The molecule has 0 atom stereocenters. The van der Waals surface area contributed by atoms with Gasteiger partial charge in [0, 0.05) is 12.1 Å². The molecule has 23 heavy (non-hydrogen) atoms. The Labute approximate surface area is 149 Å². The summed E-state index contributed by atoms with van der Waals surface area (Å²) in [5, 5.41) is 4.01. The molecule has 6 heteroatoms. The van der Waals surface area contributed by atoms with Gasteiger partial charge in [-0.15, -0.1) is 12.4 Å². The van der Waals surface area contributed by atoms with Crippen LogP contribution in [0.3, 0.4) is 0 Å². The third-order valence-corrected chi connectivity index (χ3v) is 5.05. The van der Waals surface area contributed by atoms with Crippen molar-refractivity contribution in [2.24, 2.45) is 13.0 Å². The Morgan fingerprint density at radius 2 is 2.04 bits per heavy atom. The first-order valence-electron chi connectivity index (χ1n) is 8.15. The van der Waals surface area contributed by atoms with Crippen LogP contribution in [0.25, 0.3) is 11.0 Å². The summed E-state index contributed by atoms with van der Waals surface area (Å²) in [5.41, 5.74) is 2.15. The van der Waals surface area contributed by atoms with E-state index in [9.17, 15) is 0 Å². The lowest BCUT2D eigenvalue weighted by molar-refractivity contribution is 0.168. The van der Waals surface area contributed by atoms with Crippen molar-refractivity contribution in [2.45, 2.75) is 25.8 Å². The Morgan fingerprint density at radius 3 is 2.74 bits per heavy atom. The fourth-order valence-corrected chi connectivity index (χ4v) is 3.51. The average molecular weight is 357 g/mol. The Bertz CT molecular complexity index is 633. The van der Waals surface area contributed by atoms with Gasteiger partial charge >= 0.3 is 0 Å². The minimum Gasteiger partial charge on any atom is -0.330 e. The van der Waals surface area contributed by atoms with E-state index < -0.39 is 0 Å². The fourth-order valence-electron chi connectivity index (χ4n) is 3.35. The number of fused-ring (bicyclic) bond motifs is 1. The van der Waals surface area contributed by atoms with Gasteiger partial charge in [-0.05, 0) is 70.1 Å². The van der Waals surface area contributed by atoms with Crippen LogP contribution in [0.1, 0.15) is 25.1 Å². The normalized spacial score (nSPS) is 16.7. The Kier molecular flexibility index (Phi) is 6.72. The molecule has 2 heterocycles. The lowest BCUT2D eigenvalue weighted by atomic mass is 9.93. The van der Waals surface area contributed by atoms with Crippen molar-refractivity contribution in [1.29, 1.82) is 0 Å². The van der Waals surface area contributed by atoms with Crippen LogP contribution in [0.5, 0.6) is 0 Å². The number of hydrogen-bond donors (Lipinski definition) is 1. The highest BCUT2D eigenvalue weighted by molar-refractivity contribution is 6.31. The molecule has 0 spiro atoms. The molecule has 1 saturated heterocycles. The molecule has 1 aliphatic rings. The zero-order valence-electron chi connectivity index (χ0n) is 13.9. The average Bonchev–Trinajstić information content (AvgIpc) is 2.82. The maximum Gasteiger partial charge on any atom is 0.123 e. The van der Waals surface area contributed by atoms with Crippen molar-refractivity contribution in [3.8, 4) is 0 Å². The van der Waals surface area contributed by atoms with E-state index >= 15 is 0 Å². The van der Waals surface area contributed by atoms with E-state index in [1.54, 1.807) is 0 Å². The maximum absolute atomic E-state index is 6.07. The number of benzene rings is 1. The van der Waals surface area contributed by atoms with Crippen molar-refractivity contribution in [1.82, 2.24) is 19.8 Å². The zero-order chi connectivity index (χ0) is 15.5. The molecule has 0 unspecified atom stereocenters. The third kappa shape index (κ3) is 4.38. The molecule has 1 fully saturated rings. The summed E-state index contributed by atoms with van der Waals surface area (Å²) in [4.78, 5) is 7.29. The molecule has 0 bridgehead atoms. The van der Waals surface area contributed by atoms with E-state index in [4.69, 9.17) is 16.6 Å². The smallest absolute Gasteiger partial charge is 0.123 e. The number of imidazole rings is 1. The van der Waals surface area contributed by atoms with Crippen molar-refractivity contribution in [2.75, 3.05) is 26.7 Å². The van der Waals surface area contributed by atoms with E-state index in [-0.39, 0.29) is 12.4 Å². The second-order valence-corrected chi connectivity index (χ2v) is 6.77. The number of aryl methyl sites for hydroxylation is 1. The summed E-state index contributed by atoms with van der Waals surface area (Å²) < 4.78 is 2.19. The first kappa shape index (κ1) is 18.5. The second kappa shape index (κ2) is 8.34. The van der Waals surface area contributed by atoms with Crippen molar-refractivity contribution in [3.05, 3.63) is 29.0 Å². The predicted octanol–water partition coefficient (Wildman–Crippen LogP) is 3.47. The van der Waals surface area contributed by atoms with E-state index in [2.05, 4.69) is 27.9 Å². The maximum atomic E-state index is 6.07. The van der Waals surface area contributed by atoms with Crippen LogP contribution >= 0.6 is 24.0 Å². The SMILES string of the molecule is CNCCC1CCN(Cc2nc3cc(Cl)ccc3n2C)CC1.Cl. The third-order valence-electron chi connectivity index (χ3n) is 4.81. The number of aromatic nitrogens is 2. The van der Waals surface area contributed by atoms with Crippen LogP contribution < -0.4 is 5.32 Å². The first-order valence-corrected chi connectivity index (χ1v) is 8.53. The molecule has 1 aliphatic heterocycles. The standard InChI is InChI=1S/C17H25ClN4.ClH/c1-19-8-5-13-6-9-22(10-7-13)12-17-20-15-11-14(18)3-4-16(15)21(17)2;/h3-4,11,13,19H,5-10,12H2,1-2H3;1H. The van der Waals surface area contributed by atoms with Crippen molar-refractivity contribution >= 4 is 35.0 Å². The molecule has 0 amide bonds. The molecule has 1 N–H and O–H groups in total. The van der Waals surface area contributed by atoms with Crippen LogP contribution in [0.2, 0.25) is 5.02 Å². The lowest BCUT2D eigenvalue weighted by Crippen LogP contribution is -2.34. The number of halogens is 2. The van der Waals surface area contributed by atoms with Crippen LogP contribution in [-0.4, -0.2) is 41.1 Å². The van der Waals surface area contributed by atoms with Gasteiger partial charge in [0.05, 0.1) is 17.6 Å². The summed E-state index contributed by atoms with van der Waals surface area (Å²) in [6.45, 7) is 4.43. The van der Waals surface area contributed by atoms with Gasteiger partial charge < -0.3 is 9.88 Å². The largest absolute Gasteiger partial charge is 0.330 e. The van der Waals surface area contributed by atoms with Gasteiger partial charge in [-0.3, -0.25) is 4.90 Å². The molecule has 4 nitrogen and oxygen atoms in total. The first-order chi connectivity index (χ1) is 10.7. The molecule has 0 saturated carbocycles. The van der Waals surface area contributed by atoms with Gasteiger partial charge in [0.2, 0.25) is 0 Å². The van der Waals surface area contributed by atoms with Gasteiger partial charge in [-0.25, -0.2) is 4.98 Å². The lowest BCUT2D eigenvalue weighted by Gasteiger charge is -2.31. The quantitative estimate of drug-likeness (QED) is 0.890. The number of rotatable bonds is 5. The molecular formula is C17H26Cl2N4. The molecule has 3 rings (SSSR count). The number of likely N-dealkylation sites (tertiary alicyclic amines) is 1. The predicted molar refractivity (Wildman–Crippen MR) is 99.5 cm³/mol. The topological polar surface area (TPSA) is 33.1 Å². The van der Waals surface area contributed by atoms with Crippen LogP contribution in [0, 0.1) is 5.92 Å². The number of piperidine rings is 1. The van der Waals surface area contributed by atoms with Gasteiger partial charge in [-0.2, -0.15) is 0 Å². The number of hydrogen-bond acceptors (Lipinski definition) is 3. The molecule has 0 radical (unpaired) electrons. The van der Waals surface area contributed by atoms with Crippen LogP contribution in [0.4, 0.5) is 0 Å². The van der Waals surface area contributed by atoms with Crippen LogP contribution in [0.15, 0.2) is 18.2 Å². The monoisotopic (exact) mass is 356 g/mol. The van der Waals surface area contributed by atoms with E-state index in [0.29, 0.717) is 0 Å². The Hall–Kier alpha value is -0.810. The minimum atomic E-state index is 0. The van der Waals surface area contributed by atoms with Gasteiger partial charge in [-0.1, -0.05) is 11.6 Å². The van der Waals surface area contributed by atoms with Crippen molar-refractivity contribution in [3.63, 3.8) is 0 Å². The van der Waals surface area contributed by atoms with Crippen LogP contribution in [-0.2, 0) is 13.6 Å². The highest BCUT2D eigenvalue weighted by atomic mass is 35.5. The summed E-state index contributed by atoms with van der Waals surface area (Å²) in [6, 6.07) is 5.94. The molecule has 0 aliphatic carbocycles. The number of nitrogens with zero attached hydrogens (tertiary/aromatic N) is 3. The van der Waals surface area contributed by atoms with E-state index in [1.165, 1.54) is 32.4 Å². The minimum absolute atomic E-state index is 0. The Morgan fingerprint density at radius 1 is 1.30 bits per heavy atom. The summed E-state index contributed by atoms with van der Waals surface area (Å²) >= 11 is 6.07. The van der Waals surface area contributed by atoms with Crippen molar-refractivity contribution < 1.29 is 0 Å². The van der Waals surface area contributed by atoms with E-state index in [0.717, 1.165) is 40.9 Å². The molecule has 1 aromatic carbocycles. The highest BCUT2D eigenvalue weighted by Crippen LogP contribution is 2.23. The Balaban J connectivity index is 0.00000192. The summed E-state index contributed by atoms with van der Waals surface area (Å²) in [6.07, 6.45) is 3.91. The van der Waals surface area contributed by atoms with E-state index in [1.807, 2.05) is 19.2 Å². The fraction of sp³-hybridized carbons (Fsp3) is 0.588. The highest BCUT2D eigenvalue weighted by Gasteiger charge is 2.20. The zero-order valence-corrected chi connectivity index (χ0v) is 15.5. The molecule has 2 aromatic rings. The summed E-state index contributed by atoms with van der Waals surface area (Å²) in [5.74, 6) is 2.01. The summed E-state index contributed by atoms with van der Waals surface area (Å²) in [7, 11) is 4.13. The molecule has 128 valence electrons. The second-order valence-electron chi connectivity index (χ2n) is 6.33. The van der Waals surface area contributed by atoms with Gasteiger partial charge in [0.1, 0.15) is 5.82 Å². The van der Waals surface area contributed by atoms with Gasteiger partial charge in [0.15, 0.2) is 0 Å². The van der Waals surface area contributed by atoms with Gasteiger partial charge in [0.25, 0.3) is 0 Å². The molecule has 1 aromatic heterocycles. The molecular weight excluding hydrogens is 331 g/mol.